The van der Waals surface area contributed by atoms with Crippen molar-refractivity contribution < 1.29 is 19.1 Å². The molecular weight excluding hydrogens is 354 g/mol. The van der Waals surface area contributed by atoms with Gasteiger partial charge in [0.25, 0.3) is 0 Å². The van der Waals surface area contributed by atoms with Crippen LogP contribution in [0.4, 0.5) is 0 Å². The van der Waals surface area contributed by atoms with E-state index in [0.29, 0.717) is 25.8 Å². The van der Waals surface area contributed by atoms with Crippen LogP contribution in [0.1, 0.15) is 44.1 Å². The summed E-state index contributed by atoms with van der Waals surface area (Å²) in [5.41, 5.74) is 0.989. The van der Waals surface area contributed by atoms with Crippen molar-refractivity contribution in [1.29, 1.82) is 0 Å². The third-order valence-electron chi connectivity index (χ3n) is 4.78. The average Bonchev–Trinajstić information content (AvgIpc) is 2.70. The molecule has 0 aliphatic carbocycles. The van der Waals surface area contributed by atoms with Crippen LogP contribution in [0.25, 0.3) is 0 Å². The van der Waals surface area contributed by atoms with Gasteiger partial charge in [0.2, 0.25) is 5.91 Å². The van der Waals surface area contributed by atoms with Gasteiger partial charge in [0.15, 0.2) is 5.78 Å². The van der Waals surface area contributed by atoms with Crippen LogP contribution in [0, 0.1) is 0 Å². The predicted molar refractivity (Wildman–Crippen MR) is 109 cm³/mol. The summed E-state index contributed by atoms with van der Waals surface area (Å²) in [5, 5.41) is 0. The third-order valence-corrected chi connectivity index (χ3v) is 4.78. The molecule has 5 heteroatoms. The molecule has 0 radical (unpaired) electrons. The fraction of sp³-hybridized carbons (Fsp3) is 0.435. The summed E-state index contributed by atoms with van der Waals surface area (Å²) in [6.45, 7) is 0.527. The van der Waals surface area contributed by atoms with Gasteiger partial charge in [0, 0.05) is 25.8 Å². The zero-order valence-corrected chi connectivity index (χ0v) is 16.5. The van der Waals surface area contributed by atoms with Gasteiger partial charge in [-0.2, -0.15) is 0 Å². The molecule has 1 amide bonds. The highest BCUT2D eigenvalue weighted by Crippen LogP contribution is 2.19. The summed E-state index contributed by atoms with van der Waals surface area (Å²) in [5.74, 6) is -0.0388. The van der Waals surface area contributed by atoms with Crippen molar-refractivity contribution in [2.24, 2.45) is 0 Å². The minimum atomic E-state index is -0.204. The molecule has 1 aliphatic rings. The molecule has 5 nitrogen and oxygen atoms in total. The Morgan fingerprint density at radius 3 is 2.75 bits per heavy atom. The van der Waals surface area contributed by atoms with Crippen LogP contribution in [0.15, 0.2) is 54.6 Å². The van der Waals surface area contributed by atoms with E-state index in [1.807, 2.05) is 53.5 Å². The molecule has 1 unspecified atom stereocenters. The fourth-order valence-electron chi connectivity index (χ4n) is 3.23. The number of hydrogen-bond donors (Lipinski definition) is 0. The zero-order valence-electron chi connectivity index (χ0n) is 16.5. The number of ether oxygens (including phenoxy) is 1. The van der Waals surface area contributed by atoms with E-state index in [-0.39, 0.29) is 23.7 Å². The maximum atomic E-state index is 12.3. The van der Waals surface area contributed by atoms with Gasteiger partial charge in [0.05, 0.1) is 13.2 Å². The molecule has 1 atom stereocenters. The first kappa shape index (κ1) is 21.6. The van der Waals surface area contributed by atoms with Gasteiger partial charge in [0.1, 0.15) is 0 Å². The first-order valence-corrected chi connectivity index (χ1v) is 9.86. The van der Waals surface area contributed by atoms with E-state index in [4.69, 9.17) is 0 Å². The predicted octanol–water partition coefficient (Wildman–Crippen LogP) is 3.64. The Bertz CT molecular complexity index is 709. The van der Waals surface area contributed by atoms with Gasteiger partial charge in [-0.1, -0.05) is 48.6 Å². The molecule has 0 aromatic heterocycles. The second-order valence-electron chi connectivity index (χ2n) is 6.93. The van der Waals surface area contributed by atoms with Crippen LogP contribution in [0.5, 0.6) is 0 Å². The van der Waals surface area contributed by atoms with Gasteiger partial charge < -0.3 is 9.64 Å². The van der Waals surface area contributed by atoms with Crippen molar-refractivity contribution >= 4 is 17.7 Å². The van der Waals surface area contributed by atoms with E-state index < -0.39 is 0 Å². The number of piperidine rings is 1. The number of unbranched alkanes of at least 4 members (excludes halogenated alkanes) is 1. The van der Waals surface area contributed by atoms with Crippen LogP contribution in [0.2, 0.25) is 0 Å². The quantitative estimate of drug-likeness (QED) is 0.268. The normalized spacial score (nSPS) is 17.4. The second kappa shape index (κ2) is 11.9. The Labute approximate surface area is 167 Å². The minimum absolute atomic E-state index is 0.0410. The van der Waals surface area contributed by atoms with E-state index in [9.17, 15) is 14.4 Å². The topological polar surface area (TPSA) is 63.7 Å². The number of carbonyl (C=O) groups is 3. The van der Waals surface area contributed by atoms with E-state index >= 15 is 0 Å². The molecule has 1 heterocycles. The van der Waals surface area contributed by atoms with Crippen LogP contribution < -0.4 is 0 Å². The van der Waals surface area contributed by atoms with Gasteiger partial charge in [-0.05, 0) is 37.3 Å². The number of hydrogen-bond acceptors (Lipinski definition) is 4. The molecule has 0 N–H and O–H groups in total. The first-order valence-electron chi connectivity index (χ1n) is 9.86. The summed E-state index contributed by atoms with van der Waals surface area (Å²) in [6, 6.07) is 9.61. The highest BCUT2D eigenvalue weighted by Gasteiger charge is 2.25. The second-order valence-corrected chi connectivity index (χ2v) is 6.93. The summed E-state index contributed by atoms with van der Waals surface area (Å²) in [4.78, 5) is 37.4. The molecular formula is C23H29NO4. The Morgan fingerprint density at radius 1 is 1.21 bits per heavy atom. The molecule has 1 saturated heterocycles. The molecule has 2 rings (SSSR count). The number of allylic oxidation sites excluding steroid dienone is 2. The van der Waals surface area contributed by atoms with Crippen LogP contribution in [-0.4, -0.2) is 42.3 Å². The minimum Gasteiger partial charge on any atom is -0.469 e. The highest BCUT2D eigenvalue weighted by molar-refractivity contribution is 5.91. The molecule has 1 aromatic carbocycles. The SMILES string of the molecule is COC(=O)CCCC=CCN1C(=O)CCCC1C=CC(=O)Cc1ccccc1. The molecule has 0 saturated carbocycles. The van der Waals surface area contributed by atoms with Crippen molar-refractivity contribution in [3.8, 4) is 0 Å². The van der Waals surface area contributed by atoms with Gasteiger partial charge in [-0.25, -0.2) is 0 Å². The number of amides is 1. The van der Waals surface area contributed by atoms with E-state index in [2.05, 4.69) is 4.74 Å². The lowest BCUT2D eigenvalue weighted by molar-refractivity contribution is -0.140. The number of benzene rings is 1. The Hall–Kier alpha value is -2.69. The van der Waals surface area contributed by atoms with E-state index in [0.717, 1.165) is 31.2 Å². The van der Waals surface area contributed by atoms with Crippen LogP contribution in [0.3, 0.4) is 0 Å². The fourth-order valence-corrected chi connectivity index (χ4v) is 3.23. The number of esters is 1. The number of rotatable bonds is 10. The maximum absolute atomic E-state index is 12.3. The largest absolute Gasteiger partial charge is 0.469 e. The van der Waals surface area contributed by atoms with E-state index in [1.165, 1.54) is 7.11 Å². The Balaban J connectivity index is 1.84. The number of methoxy groups -OCH3 is 1. The van der Waals surface area contributed by atoms with Crippen LogP contribution >= 0.6 is 0 Å². The van der Waals surface area contributed by atoms with Crippen molar-refractivity contribution in [3.63, 3.8) is 0 Å². The molecule has 28 heavy (non-hydrogen) atoms. The summed E-state index contributed by atoms with van der Waals surface area (Å²) in [6.07, 6.45) is 12.0. The smallest absolute Gasteiger partial charge is 0.305 e. The highest BCUT2D eigenvalue weighted by atomic mass is 16.5. The van der Waals surface area contributed by atoms with Crippen molar-refractivity contribution in [2.75, 3.05) is 13.7 Å². The molecule has 1 aliphatic heterocycles. The lowest BCUT2D eigenvalue weighted by atomic mass is 10.00. The first-order chi connectivity index (χ1) is 13.6. The monoisotopic (exact) mass is 383 g/mol. The van der Waals surface area contributed by atoms with Crippen molar-refractivity contribution in [1.82, 2.24) is 4.90 Å². The maximum Gasteiger partial charge on any atom is 0.305 e. The number of carbonyl (C=O) groups excluding carboxylic acids is 3. The number of likely N-dealkylation sites (tertiary alicyclic amines) is 1. The summed E-state index contributed by atoms with van der Waals surface area (Å²) < 4.78 is 4.61. The molecule has 0 bridgehead atoms. The molecule has 0 spiro atoms. The van der Waals surface area contributed by atoms with Crippen molar-refractivity contribution in [2.45, 2.75) is 51.0 Å². The van der Waals surface area contributed by atoms with Gasteiger partial charge in [-0.15, -0.1) is 0 Å². The summed E-state index contributed by atoms with van der Waals surface area (Å²) in [7, 11) is 1.39. The average molecular weight is 383 g/mol. The van der Waals surface area contributed by atoms with Gasteiger partial charge >= 0.3 is 5.97 Å². The molecule has 150 valence electrons. The lowest BCUT2D eigenvalue weighted by Gasteiger charge is -2.33. The van der Waals surface area contributed by atoms with Crippen LogP contribution in [-0.2, 0) is 25.5 Å². The Morgan fingerprint density at radius 2 is 2.00 bits per heavy atom. The lowest BCUT2D eigenvalue weighted by Crippen LogP contribution is -2.42. The summed E-state index contributed by atoms with van der Waals surface area (Å²) >= 11 is 0. The number of nitrogens with zero attached hydrogens (tertiary/aromatic N) is 1. The third kappa shape index (κ3) is 7.51. The zero-order chi connectivity index (χ0) is 20.2. The Kier molecular flexibility index (Phi) is 9.19. The van der Waals surface area contributed by atoms with Crippen molar-refractivity contribution in [3.05, 3.63) is 60.2 Å². The standard InChI is InChI=1S/C23H29NO4/c1-28-23(27)14-7-2-3-8-17-24-20(12-9-13-22(24)26)15-16-21(25)18-19-10-5-4-6-11-19/h3-6,8,10-11,15-16,20H,2,7,9,12-14,17-18H2,1H3. The molecule has 1 fully saturated rings. The number of ketones is 1. The van der Waals surface area contributed by atoms with Gasteiger partial charge in [-0.3, -0.25) is 14.4 Å². The van der Waals surface area contributed by atoms with E-state index in [1.54, 1.807) is 6.08 Å². The molecule has 1 aromatic rings.